The number of hydrogen-bond acceptors (Lipinski definition) is 23. The largest absolute Gasteiger partial charge is 0.488 e. The molecule has 3 saturated heterocycles. The Kier molecular flexibility index (Phi) is 26.5. The van der Waals surface area contributed by atoms with E-state index in [1.165, 1.54) is 0 Å². The molecule has 23 nitrogen and oxygen atoms in total. The van der Waals surface area contributed by atoms with Gasteiger partial charge in [-0.25, -0.2) is 19.9 Å². The molecule has 0 amide bonds. The molecule has 3 fully saturated rings. The number of aliphatic hydroxyl groups is 12. The van der Waals surface area contributed by atoms with Crippen molar-refractivity contribution in [3.63, 3.8) is 0 Å². The SMILES string of the molecule is Cc1cc(-c2cnc(C(F)(F)F)cn2)ccc1C(C)[C@H]1OC(CO)[C@@H](O)[C@H](O)C1O.Cc1cc(-c2cnc(C(F)(F)F)cn2)ccc1[C@@H](C)[C@H]1OC(CO)[C@@H](O)[C@H](O)C1O.Cc1cc(B(O)O)ccc1C(C)[C@H]1OC(CO)[C@@H](O)[C@H](O)C1O.FC(F)(F)c1cnc(Cl)cn1. The van der Waals surface area contributed by atoms with Gasteiger partial charge in [0.05, 0.1) is 86.7 Å². The number of nitrogens with zero attached hydrogens (tertiary/aromatic N) is 6. The number of halogens is 10. The molecule has 94 heavy (non-hydrogen) atoms. The van der Waals surface area contributed by atoms with Gasteiger partial charge >= 0.3 is 25.6 Å². The van der Waals surface area contributed by atoms with E-state index in [2.05, 4.69) is 29.9 Å². The summed E-state index contributed by atoms with van der Waals surface area (Å²) in [6, 6.07) is 15.1. The van der Waals surface area contributed by atoms with Crippen LogP contribution in [0.5, 0.6) is 0 Å². The van der Waals surface area contributed by atoms with Crippen molar-refractivity contribution in [1.29, 1.82) is 0 Å². The summed E-state index contributed by atoms with van der Waals surface area (Å²) in [5.74, 6) is -1.17. The first-order valence-electron chi connectivity index (χ1n) is 28.8. The molecular formula is C60H71BClF9N6O17. The van der Waals surface area contributed by atoms with E-state index in [0.29, 0.717) is 35.2 Å². The predicted molar refractivity (Wildman–Crippen MR) is 314 cm³/mol. The zero-order valence-electron chi connectivity index (χ0n) is 50.7. The van der Waals surface area contributed by atoms with Crippen molar-refractivity contribution in [1.82, 2.24) is 29.9 Å². The van der Waals surface area contributed by atoms with Crippen molar-refractivity contribution in [3.05, 3.63) is 147 Å². The highest BCUT2D eigenvalue weighted by Gasteiger charge is 2.49. The quantitative estimate of drug-likeness (QED) is 0.0618. The molecule has 34 heteroatoms. The first-order valence-corrected chi connectivity index (χ1v) is 29.2. The lowest BCUT2D eigenvalue weighted by Crippen LogP contribution is -2.59. The molecule has 0 saturated carbocycles. The number of aliphatic hydroxyl groups excluding tert-OH is 12. The van der Waals surface area contributed by atoms with Crippen molar-refractivity contribution in [2.45, 2.75) is 169 Å². The molecule has 516 valence electrons. The number of rotatable bonds is 12. The van der Waals surface area contributed by atoms with Gasteiger partial charge in [-0.05, 0) is 71.7 Å². The monoisotopic (exact) mass is 1360 g/mol. The summed E-state index contributed by atoms with van der Waals surface area (Å²) in [4.78, 5) is 20.8. The van der Waals surface area contributed by atoms with Crippen LogP contribution < -0.4 is 5.46 Å². The molecule has 3 aliphatic rings. The van der Waals surface area contributed by atoms with Crippen LogP contribution in [-0.4, -0.2) is 220 Å². The summed E-state index contributed by atoms with van der Waals surface area (Å²) < 4.78 is 128. The Morgan fingerprint density at radius 1 is 0.415 bits per heavy atom. The lowest BCUT2D eigenvalue weighted by Gasteiger charge is -2.42. The van der Waals surface area contributed by atoms with Crippen LogP contribution in [0.3, 0.4) is 0 Å². The van der Waals surface area contributed by atoms with E-state index in [1.54, 1.807) is 96.1 Å². The summed E-state index contributed by atoms with van der Waals surface area (Å²) in [6.07, 6.45) is -26.8. The van der Waals surface area contributed by atoms with Gasteiger partial charge in [-0.2, -0.15) is 39.5 Å². The molecule has 18 atom stereocenters. The Balaban J connectivity index is 0.000000208. The van der Waals surface area contributed by atoms with Crippen molar-refractivity contribution in [3.8, 4) is 22.5 Å². The standard InChI is InChI=1S/2C20H23F3N2O5.C15H23BO7.C5H2ClF3N2/c2*1-9-5-11(13-6-25-15(7-24-13)20(21,22)23)3-4-12(9)10(2)19-18(29)17(28)16(27)14(8-26)30-19;1-7-5-9(16(21)22)3-4-10(7)8(2)15-14(20)13(19)12(18)11(6-17)23-15;6-4-2-10-3(1-11-4)5(7,8)9/h2*3-7,10,14,16-19,26-29H,8H2,1-2H3;3-5,8,11-15,17-22H,6H2,1-2H3;1-2H/t10?,14?,16-,17+,18?,19-;10-,14?,16-,17+,18?,19-;8?,11?,12-,13+,14?,15-;/m111./s1. The maximum atomic E-state index is 12.7. The highest BCUT2D eigenvalue weighted by molar-refractivity contribution is 6.58. The highest BCUT2D eigenvalue weighted by atomic mass is 35.5. The van der Waals surface area contributed by atoms with Gasteiger partial charge in [0, 0.05) is 28.9 Å². The Morgan fingerprint density at radius 2 is 0.713 bits per heavy atom. The van der Waals surface area contributed by atoms with E-state index >= 15 is 0 Å². The van der Waals surface area contributed by atoms with Crippen LogP contribution in [0.25, 0.3) is 22.5 Å². The zero-order chi connectivity index (χ0) is 70.2. The molecule has 14 N–H and O–H groups in total. The smallest absolute Gasteiger partial charge is 0.423 e. The second-order valence-corrected chi connectivity index (χ2v) is 23.1. The van der Waals surface area contributed by atoms with Crippen LogP contribution in [0, 0.1) is 20.8 Å². The third-order valence-corrected chi connectivity index (χ3v) is 16.5. The van der Waals surface area contributed by atoms with E-state index in [4.69, 9.17) is 25.8 Å². The number of alkyl halides is 9. The molecule has 6 aromatic rings. The fraction of sp³-hybridized carbons (Fsp3) is 0.500. The van der Waals surface area contributed by atoms with Crippen LogP contribution in [0.15, 0.2) is 91.8 Å². The topological polar surface area (TPSA) is 388 Å². The van der Waals surface area contributed by atoms with Gasteiger partial charge in [-0.1, -0.05) is 74.8 Å². The summed E-state index contributed by atoms with van der Waals surface area (Å²) in [6.45, 7) is 9.21. The number of ether oxygens (including phenoxy) is 3. The Bertz CT molecular complexity index is 3250. The highest BCUT2D eigenvalue weighted by Crippen LogP contribution is 2.38. The number of aromatic nitrogens is 6. The summed E-state index contributed by atoms with van der Waals surface area (Å²) in [5, 5.41) is 137. The second-order valence-electron chi connectivity index (χ2n) is 22.7. The molecule has 0 aliphatic carbocycles. The predicted octanol–water partition coefficient (Wildman–Crippen LogP) is 2.60. The molecule has 0 bridgehead atoms. The Hall–Kier alpha value is -6.06. The van der Waals surface area contributed by atoms with E-state index in [9.17, 15) is 111 Å². The third kappa shape index (κ3) is 18.5. The fourth-order valence-corrected chi connectivity index (χ4v) is 11.0. The summed E-state index contributed by atoms with van der Waals surface area (Å²) >= 11 is 5.22. The average molecular weight is 1370 g/mol. The average Bonchev–Trinajstić information content (AvgIpc) is 0.799. The fourth-order valence-electron chi connectivity index (χ4n) is 10.9. The molecular weight excluding hydrogens is 1290 g/mol. The van der Waals surface area contributed by atoms with Crippen LogP contribution in [-0.2, 0) is 32.7 Å². The summed E-state index contributed by atoms with van der Waals surface area (Å²) in [7, 11) is -1.56. The van der Waals surface area contributed by atoms with Crippen molar-refractivity contribution in [2.75, 3.05) is 19.8 Å². The molecule has 8 unspecified atom stereocenters. The minimum atomic E-state index is -4.56. The van der Waals surface area contributed by atoms with E-state index in [-0.39, 0.29) is 22.5 Å². The van der Waals surface area contributed by atoms with E-state index in [0.717, 1.165) is 52.0 Å². The minimum absolute atomic E-state index is 0.0574. The Labute approximate surface area is 536 Å². The zero-order valence-corrected chi connectivity index (χ0v) is 51.5. The number of benzene rings is 3. The first-order chi connectivity index (χ1) is 43.9. The van der Waals surface area contributed by atoms with Crippen molar-refractivity contribution in [2.24, 2.45) is 0 Å². The Morgan fingerprint density at radius 3 is 0.957 bits per heavy atom. The van der Waals surface area contributed by atoms with Gasteiger partial charge in [-0.3, -0.25) is 9.97 Å². The maximum absolute atomic E-state index is 12.7. The van der Waals surface area contributed by atoms with Crippen molar-refractivity contribution >= 4 is 24.2 Å². The van der Waals surface area contributed by atoms with Crippen LogP contribution in [0.2, 0.25) is 5.15 Å². The molecule has 0 radical (unpaired) electrons. The van der Waals surface area contributed by atoms with Gasteiger partial charge in [0.1, 0.15) is 78.4 Å². The molecule has 9 rings (SSSR count). The molecule has 3 aliphatic heterocycles. The van der Waals surface area contributed by atoms with Gasteiger partial charge in [0.2, 0.25) is 0 Å². The first kappa shape index (κ1) is 77.0. The van der Waals surface area contributed by atoms with Gasteiger partial charge in [0.25, 0.3) is 0 Å². The second kappa shape index (κ2) is 32.3. The summed E-state index contributed by atoms with van der Waals surface area (Å²) in [5.41, 5.74) is 3.50. The lowest BCUT2D eigenvalue weighted by atomic mass is 9.77. The lowest BCUT2D eigenvalue weighted by molar-refractivity contribution is -0.233. The molecule has 3 aromatic heterocycles. The van der Waals surface area contributed by atoms with Crippen LogP contribution >= 0.6 is 11.6 Å². The van der Waals surface area contributed by atoms with Gasteiger partial charge in [-0.15, -0.1) is 0 Å². The van der Waals surface area contributed by atoms with Gasteiger partial charge < -0.3 is 85.5 Å². The van der Waals surface area contributed by atoms with Crippen LogP contribution in [0.1, 0.15) is 89.0 Å². The van der Waals surface area contributed by atoms with E-state index in [1.807, 2.05) is 0 Å². The van der Waals surface area contributed by atoms with Crippen molar-refractivity contribution < 1.29 is 125 Å². The maximum Gasteiger partial charge on any atom is 0.488 e. The number of aryl methyl sites for hydroxylation is 3. The van der Waals surface area contributed by atoms with Crippen LogP contribution in [0.4, 0.5) is 39.5 Å². The van der Waals surface area contributed by atoms with Gasteiger partial charge in [0.15, 0.2) is 17.1 Å². The number of hydrogen-bond donors (Lipinski definition) is 14. The minimum Gasteiger partial charge on any atom is -0.423 e. The third-order valence-electron chi connectivity index (χ3n) is 16.3. The molecule has 6 heterocycles. The molecule has 3 aromatic carbocycles. The molecule has 0 spiro atoms. The van der Waals surface area contributed by atoms with E-state index < -0.39 is 166 Å². The normalized spacial score (nSPS) is 27.4.